The minimum atomic E-state index is -0.392. The first-order chi connectivity index (χ1) is 15.0. The maximum absolute atomic E-state index is 12.6. The number of nitrogens with zero attached hydrogens (tertiary/aromatic N) is 1. The first kappa shape index (κ1) is 21.7. The number of pyridine rings is 2. The van der Waals surface area contributed by atoms with Crippen LogP contribution >= 0.6 is 0 Å². The van der Waals surface area contributed by atoms with Crippen LogP contribution in [0.25, 0.3) is 0 Å². The maximum Gasteiger partial charge on any atom is 0.255 e. The molecule has 160 valence electrons. The summed E-state index contributed by atoms with van der Waals surface area (Å²) in [5, 5.41) is 12.0. The normalized spacial score (nSPS) is 10.5. The highest BCUT2D eigenvalue weighted by atomic mass is 16.3. The molecule has 0 unspecified atom stereocenters. The number of carbonyl (C=O) groups excluding carboxylic acids is 2. The van der Waals surface area contributed by atoms with Crippen molar-refractivity contribution >= 4 is 17.5 Å². The molecule has 9 heteroatoms. The van der Waals surface area contributed by atoms with E-state index in [-0.39, 0.29) is 41.3 Å². The van der Waals surface area contributed by atoms with E-state index in [1.165, 1.54) is 41.6 Å². The molecule has 0 radical (unpaired) electrons. The number of H-pyrrole nitrogens is 2. The lowest BCUT2D eigenvalue weighted by atomic mass is 10.1. The lowest BCUT2D eigenvalue weighted by Crippen LogP contribution is -2.35. The van der Waals surface area contributed by atoms with Crippen LogP contribution in [-0.2, 0) is 6.42 Å². The van der Waals surface area contributed by atoms with E-state index in [9.17, 15) is 24.3 Å². The number of amides is 2. The molecule has 2 heterocycles. The van der Waals surface area contributed by atoms with Crippen molar-refractivity contribution in [3.63, 3.8) is 0 Å². The number of aliphatic hydroxyl groups is 1. The van der Waals surface area contributed by atoms with Gasteiger partial charge < -0.3 is 25.3 Å². The maximum atomic E-state index is 12.6. The lowest BCUT2D eigenvalue weighted by Gasteiger charge is -2.22. The predicted octanol–water partition coefficient (Wildman–Crippen LogP) is 0.993. The number of carbonyl (C=O) groups is 2. The van der Waals surface area contributed by atoms with Gasteiger partial charge in [-0.25, -0.2) is 0 Å². The third-order valence-electron chi connectivity index (χ3n) is 4.60. The topological polar surface area (TPSA) is 135 Å². The summed E-state index contributed by atoms with van der Waals surface area (Å²) < 4.78 is 0. The van der Waals surface area contributed by atoms with Crippen molar-refractivity contribution in [3.8, 4) is 0 Å². The van der Waals surface area contributed by atoms with E-state index in [1.807, 2.05) is 12.1 Å². The fourth-order valence-electron chi connectivity index (χ4n) is 3.00. The molecule has 0 fully saturated rings. The van der Waals surface area contributed by atoms with Crippen molar-refractivity contribution in [3.05, 3.63) is 98.3 Å². The van der Waals surface area contributed by atoms with E-state index >= 15 is 0 Å². The minimum Gasteiger partial charge on any atom is -0.395 e. The Kier molecular flexibility index (Phi) is 7.13. The lowest BCUT2D eigenvalue weighted by molar-refractivity contribution is 0.0723. The minimum absolute atomic E-state index is 0.149. The highest BCUT2D eigenvalue weighted by molar-refractivity contribution is 6.04. The number of aromatic amines is 2. The summed E-state index contributed by atoms with van der Waals surface area (Å²) in [5.41, 5.74) is 1.29. The number of hydrogen-bond donors (Lipinski definition) is 4. The number of aliphatic hydroxyl groups excluding tert-OH is 1. The zero-order valence-corrected chi connectivity index (χ0v) is 16.6. The second-order valence-corrected chi connectivity index (χ2v) is 6.80. The standard InChI is InChI=1S/C22H22N4O5/c27-12-11-26(22(31)17-6-9-24-20(29)14-17)10-7-15-1-3-18(4-2-15)25-21(30)16-5-8-23-19(28)13-16/h1-6,8-9,13-14,27H,7,10-12H2,(H,23,28)(H,24,29)(H,25,30). The Labute approximate surface area is 177 Å². The largest absolute Gasteiger partial charge is 0.395 e. The van der Waals surface area contributed by atoms with Crippen molar-refractivity contribution in [2.75, 3.05) is 25.0 Å². The Morgan fingerprint density at radius 3 is 2.10 bits per heavy atom. The van der Waals surface area contributed by atoms with Crippen molar-refractivity contribution < 1.29 is 14.7 Å². The fraction of sp³-hybridized carbons (Fsp3) is 0.182. The van der Waals surface area contributed by atoms with Gasteiger partial charge in [0.25, 0.3) is 11.8 Å². The Balaban J connectivity index is 1.61. The molecule has 4 N–H and O–H groups in total. The Hall–Kier alpha value is -3.98. The number of benzene rings is 1. The average Bonchev–Trinajstić information content (AvgIpc) is 2.77. The number of rotatable bonds is 8. The fourth-order valence-corrected chi connectivity index (χ4v) is 3.00. The van der Waals surface area contributed by atoms with Gasteiger partial charge in [0.1, 0.15) is 0 Å². The highest BCUT2D eigenvalue weighted by Crippen LogP contribution is 2.12. The molecule has 0 saturated heterocycles. The molecule has 3 rings (SSSR count). The van der Waals surface area contributed by atoms with Crippen molar-refractivity contribution in [2.45, 2.75) is 6.42 Å². The molecule has 0 aliphatic rings. The van der Waals surface area contributed by atoms with E-state index in [0.717, 1.165) is 5.56 Å². The van der Waals surface area contributed by atoms with Gasteiger partial charge in [0, 0.05) is 54.4 Å². The Morgan fingerprint density at radius 2 is 1.48 bits per heavy atom. The van der Waals surface area contributed by atoms with Crippen LogP contribution in [-0.4, -0.2) is 51.5 Å². The summed E-state index contributed by atoms with van der Waals surface area (Å²) in [5.74, 6) is -0.724. The summed E-state index contributed by atoms with van der Waals surface area (Å²) in [6.07, 6.45) is 3.34. The summed E-state index contributed by atoms with van der Waals surface area (Å²) in [7, 11) is 0. The van der Waals surface area contributed by atoms with E-state index in [4.69, 9.17) is 0 Å². The van der Waals surface area contributed by atoms with Crippen LogP contribution in [0.15, 0.2) is 70.5 Å². The van der Waals surface area contributed by atoms with Crippen molar-refractivity contribution in [2.24, 2.45) is 0 Å². The highest BCUT2D eigenvalue weighted by Gasteiger charge is 2.15. The Morgan fingerprint density at radius 1 is 0.871 bits per heavy atom. The molecule has 0 saturated carbocycles. The summed E-state index contributed by atoms with van der Waals surface area (Å²) in [6, 6.07) is 12.6. The molecule has 0 aliphatic heterocycles. The predicted molar refractivity (Wildman–Crippen MR) is 115 cm³/mol. The van der Waals surface area contributed by atoms with E-state index in [0.29, 0.717) is 18.7 Å². The zero-order chi connectivity index (χ0) is 22.2. The van der Waals surface area contributed by atoms with Crippen LogP contribution in [0.5, 0.6) is 0 Å². The van der Waals surface area contributed by atoms with E-state index in [2.05, 4.69) is 15.3 Å². The van der Waals surface area contributed by atoms with Crippen molar-refractivity contribution in [1.29, 1.82) is 0 Å². The van der Waals surface area contributed by atoms with Crippen molar-refractivity contribution in [1.82, 2.24) is 14.9 Å². The smallest absolute Gasteiger partial charge is 0.255 e. The van der Waals surface area contributed by atoms with Crippen LogP contribution in [0.2, 0.25) is 0 Å². The molecule has 0 atom stereocenters. The van der Waals surface area contributed by atoms with Gasteiger partial charge in [-0.05, 0) is 36.2 Å². The molecular weight excluding hydrogens is 400 g/mol. The van der Waals surface area contributed by atoms with Gasteiger partial charge >= 0.3 is 0 Å². The van der Waals surface area contributed by atoms with Gasteiger partial charge in [0.05, 0.1) is 6.61 Å². The molecular formula is C22H22N4O5. The molecule has 31 heavy (non-hydrogen) atoms. The van der Waals surface area contributed by atoms with Crippen LogP contribution in [0, 0.1) is 0 Å². The van der Waals surface area contributed by atoms with Crippen LogP contribution in [0.3, 0.4) is 0 Å². The van der Waals surface area contributed by atoms with Gasteiger partial charge in [0.15, 0.2) is 0 Å². The zero-order valence-electron chi connectivity index (χ0n) is 16.6. The first-order valence-electron chi connectivity index (χ1n) is 9.64. The third-order valence-corrected chi connectivity index (χ3v) is 4.60. The van der Waals surface area contributed by atoms with E-state index in [1.54, 1.807) is 12.1 Å². The van der Waals surface area contributed by atoms with Crippen LogP contribution in [0.1, 0.15) is 26.3 Å². The summed E-state index contributed by atoms with van der Waals surface area (Å²) in [4.78, 5) is 54.0. The molecule has 2 amide bonds. The van der Waals surface area contributed by atoms with Gasteiger partial charge in [-0.1, -0.05) is 12.1 Å². The van der Waals surface area contributed by atoms with Gasteiger partial charge in [-0.2, -0.15) is 0 Å². The van der Waals surface area contributed by atoms with Gasteiger partial charge in [-0.3, -0.25) is 19.2 Å². The molecule has 0 aliphatic carbocycles. The number of anilines is 1. The molecule has 1 aromatic carbocycles. The molecule has 9 nitrogen and oxygen atoms in total. The van der Waals surface area contributed by atoms with Crippen LogP contribution < -0.4 is 16.4 Å². The monoisotopic (exact) mass is 422 g/mol. The third kappa shape index (κ3) is 6.00. The SMILES string of the molecule is O=C(Nc1ccc(CCN(CCO)C(=O)c2cc[nH]c(=O)c2)cc1)c1cc[nH]c(=O)c1. The molecule has 2 aromatic heterocycles. The van der Waals surface area contributed by atoms with Crippen LogP contribution in [0.4, 0.5) is 5.69 Å². The number of hydrogen-bond acceptors (Lipinski definition) is 5. The molecule has 0 spiro atoms. The molecule has 3 aromatic rings. The van der Waals surface area contributed by atoms with Gasteiger partial charge in [-0.15, -0.1) is 0 Å². The quantitative estimate of drug-likeness (QED) is 0.429. The number of aromatic nitrogens is 2. The molecule has 0 bridgehead atoms. The second-order valence-electron chi connectivity index (χ2n) is 6.80. The average molecular weight is 422 g/mol. The second kappa shape index (κ2) is 10.2. The number of nitrogens with one attached hydrogen (secondary N) is 3. The first-order valence-corrected chi connectivity index (χ1v) is 9.64. The van der Waals surface area contributed by atoms with Gasteiger partial charge in [0.2, 0.25) is 11.1 Å². The summed E-state index contributed by atoms with van der Waals surface area (Å²) in [6.45, 7) is 0.308. The Bertz CT molecular complexity index is 1170. The van der Waals surface area contributed by atoms with E-state index < -0.39 is 5.91 Å². The summed E-state index contributed by atoms with van der Waals surface area (Å²) >= 11 is 0.